The zero-order chi connectivity index (χ0) is 21.3. The molecule has 0 spiro atoms. The molecular formula is C24H30IN5O2. The van der Waals surface area contributed by atoms with Crippen molar-refractivity contribution in [2.24, 2.45) is 4.99 Å². The van der Waals surface area contributed by atoms with Gasteiger partial charge in [-0.2, -0.15) is 0 Å². The summed E-state index contributed by atoms with van der Waals surface area (Å²) in [7, 11) is 0. The smallest absolute Gasteiger partial charge is 0.195 e. The molecule has 0 atom stereocenters. The molecule has 2 aromatic carbocycles. The molecule has 4 rings (SSSR count). The largest absolute Gasteiger partial charge is 0.490 e. The molecule has 0 bridgehead atoms. The number of nitrogens with one attached hydrogen (secondary N) is 2. The van der Waals surface area contributed by atoms with Crippen molar-refractivity contribution in [3.05, 3.63) is 72.3 Å². The van der Waals surface area contributed by atoms with E-state index in [9.17, 15) is 0 Å². The third-order valence-corrected chi connectivity index (χ3v) is 4.96. The summed E-state index contributed by atoms with van der Waals surface area (Å²) in [6, 6.07) is 16.3. The first kappa shape index (κ1) is 23.9. The van der Waals surface area contributed by atoms with Crippen molar-refractivity contribution in [3.63, 3.8) is 0 Å². The molecule has 1 aromatic heterocycles. The molecule has 0 saturated carbocycles. The Morgan fingerprint density at radius 3 is 2.72 bits per heavy atom. The van der Waals surface area contributed by atoms with Crippen LogP contribution in [0, 0.1) is 0 Å². The number of guanidine groups is 1. The van der Waals surface area contributed by atoms with Crippen molar-refractivity contribution in [3.8, 4) is 11.5 Å². The van der Waals surface area contributed by atoms with Crippen LogP contribution in [-0.2, 0) is 13.0 Å². The zero-order valence-corrected chi connectivity index (χ0v) is 20.6. The molecule has 1 aliphatic rings. The molecule has 3 aromatic rings. The van der Waals surface area contributed by atoms with Crippen LogP contribution in [0.2, 0.25) is 0 Å². The van der Waals surface area contributed by atoms with E-state index in [0.29, 0.717) is 19.8 Å². The Kier molecular flexibility index (Phi) is 9.21. The van der Waals surface area contributed by atoms with Crippen molar-refractivity contribution < 1.29 is 9.47 Å². The summed E-state index contributed by atoms with van der Waals surface area (Å²) in [6.45, 7) is 5.63. The molecule has 170 valence electrons. The Morgan fingerprint density at radius 1 is 1.09 bits per heavy atom. The molecule has 0 amide bonds. The molecule has 0 unspecified atom stereocenters. The minimum atomic E-state index is 0. The Morgan fingerprint density at radius 2 is 1.91 bits per heavy atom. The average molecular weight is 547 g/mol. The van der Waals surface area contributed by atoms with Crippen LogP contribution in [-0.4, -0.2) is 41.8 Å². The monoisotopic (exact) mass is 547 g/mol. The highest BCUT2D eigenvalue weighted by Gasteiger charge is 2.11. The number of halogens is 1. The van der Waals surface area contributed by atoms with Crippen LogP contribution < -0.4 is 20.1 Å². The van der Waals surface area contributed by atoms with Gasteiger partial charge in [-0.05, 0) is 24.6 Å². The molecule has 2 N–H and O–H groups in total. The number of hydrogen-bond acceptors (Lipinski definition) is 4. The van der Waals surface area contributed by atoms with E-state index in [4.69, 9.17) is 14.5 Å². The van der Waals surface area contributed by atoms with Crippen LogP contribution in [0.5, 0.6) is 11.5 Å². The molecule has 0 saturated heterocycles. The van der Waals surface area contributed by atoms with Gasteiger partial charge < -0.3 is 24.7 Å². The fraction of sp³-hybridized carbons (Fsp3) is 0.333. The van der Waals surface area contributed by atoms with Crippen molar-refractivity contribution >= 4 is 35.6 Å². The first-order valence-electron chi connectivity index (χ1n) is 10.8. The highest BCUT2D eigenvalue weighted by Crippen LogP contribution is 2.32. The fourth-order valence-electron chi connectivity index (χ4n) is 3.44. The highest BCUT2D eigenvalue weighted by atomic mass is 127. The maximum atomic E-state index is 5.79. The van der Waals surface area contributed by atoms with E-state index in [0.717, 1.165) is 54.9 Å². The van der Waals surface area contributed by atoms with Gasteiger partial charge in [-0.3, -0.25) is 4.99 Å². The summed E-state index contributed by atoms with van der Waals surface area (Å²) >= 11 is 0. The van der Waals surface area contributed by atoms with Gasteiger partial charge in [0, 0.05) is 56.6 Å². The predicted molar refractivity (Wildman–Crippen MR) is 139 cm³/mol. The summed E-state index contributed by atoms with van der Waals surface area (Å²) in [5.41, 5.74) is 2.17. The van der Waals surface area contributed by atoms with Gasteiger partial charge in [0.2, 0.25) is 0 Å². The molecule has 7 nitrogen and oxygen atoms in total. The van der Waals surface area contributed by atoms with E-state index in [2.05, 4.69) is 51.4 Å². The van der Waals surface area contributed by atoms with Crippen LogP contribution in [0.25, 0.3) is 0 Å². The van der Waals surface area contributed by atoms with Crippen LogP contribution in [0.15, 0.2) is 65.9 Å². The molecule has 32 heavy (non-hydrogen) atoms. The van der Waals surface area contributed by atoms with Gasteiger partial charge in [0.15, 0.2) is 17.5 Å². The fourth-order valence-corrected chi connectivity index (χ4v) is 3.44. The predicted octanol–water partition coefficient (Wildman–Crippen LogP) is 4.33. The molecule has 0 radical (unpaired) electrons. The number of ether oxygens (including phenoxy) is 2. The van der Waals surface area contributed by atoms with Crippen molar-refractivity contribution in [2.45, 2.75) is 26.3 Å². The Labute approximate surface area is 206 Å². The van der Waals surface area contributed by atoms with Gasteiger partial charge in [0.25, 0.3) is 0 Å². The SMILES string of the molecule is CCNC(=NCCc1nccn1Cc1ccccc1)Nc1ccc2c(c1)OCCCO2.I. The highest BCUT2D eigenvalue weighted by molar-refractivity contribution is 14.0. The van der Waals surface area contributed by atoms with Gasteiger partial charge in [0.05, 0.1) is 13.2 Å². The second-order valence-electron chi connectivity index (χ2n) is 7.30. The quantitative estimate of drug-likeness (QED) is 0.262. The van der Waals surface area contributed by atoms with E-state index in [1.807, 2.05) is 36.7 Å². The lowest BCUT2D eigenvalue weighted by Crippen LogP contribution is -2.31. The van der Waals surface area contributed by atoms with Crippen molar-refractivity contribution in [1.29, 1.82) is 0 Å². The number of imidazole rings is 1. The maximum Gasteiger partial charge on any atom is 0.195 e. The lowest BCUT2D eigenvalue weighted by molar-refractivity contribution is 0.297. The Hall–Kier alpha value is -2.75. The minimum absolute atomic E-state index is 0. The van der Waals surface area contributed by atoms with E-state index < -0.39 is 0 Å². The number of fused-ring (bicyclic) bond motifs is 1. The third kappa shape index (κ3) is 6.62. The standard InChI is InChI=1S/C24H29N5O2.HI/c1-2-25-24(28-20-9-10-21-22(17-20)31-16-6-15-30-21)27-12-11-23-26-13-14-29(23)18-19-7-4-3-5-8-19;/h3-5,7-10,13-14,17H,2,6,11-12,15-16,18H2,1H3,(H2,25,27,28);1H. The Balaban J connectivity index is 0.00000289. The molecule has 0 aliphatic carbocycles. The lowest BCUT2D eigenvalue weighted by atomic mass is 10.2. The van der Waals surface area contributed by atoms with Gasteiger partial charge in [-0.25, -0.2) is 4.98 Å². The van der Waals surface area contributed by atoms with Gasteiger partial charge in [-0.15, -0.1) is 24.0 Å². The molecule has 8 heteroatoms. The topological polar surface area (TPSA) is 72.7 Å². The number of rotatable bonds is 7. The summed E-state index contributed by atoms with van der Waals surface area (Å²) in [5, 5.41) is 6.66. The molecular weight excluding hydrogens is 517 g/mol. The minimum Gasteiger partial charge on any atom is -0.490 e. The summed E-state index contributed by atoms with van der Waals surface area (Å²) in [5.74, 6) is 3.31. The first-order valence-corrected chi connectivity index (χ1v) is 10.8. The first-order chi connectivity index (χ1) is 15.3. The normalized spacial score (nSPS) is 13.1. The van der Waals surface area contributed by atoms with Gasteiger partial charge in [0.1, 0.15) is 5.82 Å². The number of aliphatic imine (C=N–C) groups is 1. The summed E-state index contributed by atoms with van der Waals surface area (Å²) in [4.78, 5) is 9.25. The lowest BCUT2D eigenvalue weighted by Gasteiger charge is -2.14. The zero-order valence-electron chi connectivity index (χ0n) is 18.3. The number of anilines is 1. The second kappa shape index (κ2) is 12.3. The Bertz CT molecular complexity index is 1010. The van der Waals surface area contributed by atoms with Gasteiger partial charge >= 0.3 is 0 Å². The van der Waals surface area contributed by atoms with Crippen LogP contribution >= 0.6 is 24.0 Å². The average Bonchev–Trinajstić information content (AvgIpc) is 3.08. The van der Waals surface area contributed by atoms with Crippen molar-refractivity contribution in [1.82, 2.24) is 14.9 Å². The number of aromatic nitrogens is 2. The van der Waals surface area contributed by atoms with Crippen molar-refractivity contribution in [2.75, 3.05) is 31.6 Å². The maximum absolute atomic E-state index is 5.79. The van der Waals surface area contributed by atoms with E-state index >= 15 is 0 Å². The van der Waals surface area contributed by atoms with E-state index in [-0.39, 0.29) is 24.0 Å². The number of nitrogens with zero attached hydrogens (tertiary/aromatic N) is 3. The van der Waals surface area contributed by atoms with Crippen LogP contribution in [0.3, 0.4) is 0 Å². The van der Waals surface area contributed by atoms with Gasteiger partial charge in [-0.1, -0.05) is 30.3 Å². The summed E-state index contributed by atoms with van der Waals surface area (Å²) in [6.07, 6.45) is 5.52. The molecule has 0 fully saturated rings. The van der Waals surface area contributed by atoms with Crippen LogP contribution in [0.4, 0.5) is 5.69 Å². The molecule has 2 heterocycles. The van der Waals surface area contributed by atoms with Crippen LogP contribution in [0.1, 0.15) is 24.7 Å². The van der Waals surface area contributed by atoms with E-state index in [1.54, 1.807) is 0 Å². The second-order valence-corrected chi connectivity index (χ2v) is 7.30. The van der Waals surface area contributed by atoms with E-state index in [1.165, 1.54) is 5.56 Å². The summed E-state index contributed by atoms with van der Waals surface area (Å²) < 4.78 is 13.7. The number of hydrogen-bond donors (Lipinski definition) is 2. The molecule has 1 aliphatic heterocycles. The number of benzene rings is 2. The third-order valence-electron chi connectivity index (χ3n) is 4.96.